The molecule has 1 aromatic heterocycles. The Labute approximate surface area is 165 Å². The van der Waals surface area contributed by atoms with Gasteiger partial charge >= 0.3 is 0 Å². The van der Waals surface area contributed by atoms with Crippen LogP contribution in [0.1, 0.15) is 18.7 Å². The Balaban J connectivity index is 1.26. The van der Waals surface area contributed by atoms with Crippen LogP contribution in [0.3, 0.4) is 0 Å². The molecule has 4 rings (SSSR count). The zero-order valence-electron chi connectivity index (χ0n) is 16.2. The number of aryl methyl sites for hydroxylation is 1. The summed E-state index contributed by atoms with van der Waals surface area (Å²) in [5, 5.41) is 0. The van der Waals surface area contributed by atoms with Crippen LogP contribution in [0.5, 0.6) is 5.75 Å². The third-order valence-corrected chi connectivity index (χ3v) is 5.30. The molecule has 0 aliphatic carbocycles. The second-order valence-corrected chi connectivity index (χ2v) is 7.09. The molecule has 146 valence electrons. The van der Waals surface area contributed by atoms with E-state index in [4.69, 9.17) is 4.74 Å². The molecule has 28 heavy (non-hydrogen) atoms. The number of anilines is 1. The number of hydrogen-bond acceptors (Lipinski definition) is 4. The molecule has 6 nitrogen and oxygen atoms in total. The van der Waals surface area contributed by atoms with Crippen LogP contribution in [0.2, 0.25) is 0 Å². The Hall–Kier alpha value is -3.02. The average Bonchev–Trinajstić information content (AvgIpc) is 3.16. The third-order valence-electron chi connectivity index (χ3n) is 5.30. The molecule has 2 aromatic carbocycles. The van der Waals surface area contributed by atoms with Crippen LogP contribution in [0.4, 0.5) is 5.69 Å². The molecule has 6 heteroatoms. The number of para-hydroxylation sites is 4. The van der Waals surface area contributed by atoms with Crippen molar-refractivity contribution in [2.45, 2.75) is 19.3 Å². The summed E-state index contributed by atoms with van der Waals surface area (Å²) in [6, 6.07) is 16.1. The van der Waals surface area contributed by atoms with Gasteiger partial charge in [-0.25, -0.2) is 4.98 Å². The summed E-state index contributed by atoms with van der Waals surface area (Å²) in [6.07, 6.45) is 2.17. The highest BCUT2D eigenvalue weighted by atomic mass is 16.5. The number of benzene rings is 2. The van der Waals surface area contributed by atoms with Gasteiger partial charge in [0.05, 0.1) is 23.8 Å². The van der Waals surface area contributed by atoms with E-state index in [1.165, 1.54) is 0 Å². The quantitative estimate of drug-likeness (QED) is 0.715. The number of H-pyrrole nitrogens is 1. The first-order valence-electron chi connectivity index (χ1n) is 9.84. The fraction of sp³-hybridized carbons (Fsp3) is 0.364. The first-order chi connectivity index (χ1) is 13.7. The summed E-state index contributed by atoms with van der Waals surface area (Å²) in [5.41, 5.74) is 3.13. The predicted molar refractivity (Wildman–Crippen MR) is 111 cm³/mol. The Bertz CT molecular complexity index is 911. The van der Waals surface area contributed by atoms with E-state index in [1.807, 2.05) is 47.4 Å². The predicted octanol–water partition coefficient (Wildman–Crippen LogP) is 3.24. The fourth-order valence-electron chi connectivity index (χ4n) is 3.78. The van der Waals surface area contributed by atoms with Gasteiger partial charge in [-0.1, -0.05) is 24.3 Å². The topological polar surface area (TPSA) is 61.5 Å². The Morgan fingerprint density at radius 2 is 1.82 bits per heavy atom. The monoisotopic (exact) mass is 378 g/mol. The maximum Gasteiger partial charge on any atom is 0.222 e. The average molecular weight is 378 g/mol. The van der Waals surface area contributed by atoms with Gasteiger partial charge in [0.15, 0.2) is 0 Å². The zero-order valence-corrected chi connectivity index (χ0v) is 16.2. The van der Waals surface area contributed by atoms with E-state index in [2.05, 4.69) is 20.9 Å². The van der Waals surface area contributed by atoms with Crippen molar-refractivity contribution in [3.05, 3.63) is 54.4 Å². The normalized spacial score (nSPS) is 14.5. The number of nitrogens with zero attached hydrogens (tertiary/aromatic N) is 3. The first-order valence-corrected chi connectivity index (χ1v) is 9.84. The summed E-state index contributed by atoms with van der Waals surface area (Å²) < 4.78 is 5.46. The number of carbonyl (C=O) groups excluding carboxylic acids is 1. The van der Waals surface area contributed by atoms with Crippen molar-refractivity contribution in [1.29, 1.82) is 0 Å². The van der Waals surface area contributed by atoms with Crippen molar-refractivity contribution in [3.8, 4) is 5.75 Å². The summed E-state index contributed by atoms with van der Waals surface area (Å²) in [4.78, 5) is 24.8. The van der Waals surface area contributed by atoms with E-state index in [1.54, 1.807) is 7.11 Å². The standard InChI is InChI=1S/C22H26N4O2/c1-28-20-10-5-4-9-19(20)25-13-15-26(16-14-25)22(27)12-6-11-21-23-17-7-2-3-8-18(17)24-21/h2-5,7-10H,6,11-16H2,1H3,(H,23,24). The molecular weight excluding hydrogens is 352 g/mol. The molecule has 1 N–H and O–H groups in total. The molecule has 0 bridgehead atoms. The molecule has 1 fully saturated rings. The van der Waals surface area contributed by atoms with E-state index in [0.717, 1.165) is 67.3 Å². The Morgan fingerprint density at radius 3 is 2.61 bits per heavy atom. The highest BCUT2D eigenvalue weighted by Gasteiger charge is 2.22. The summed E-state index contributed by atoms with van der Waals surface area (Å²) >= 11 is 0. The Morgan fingerprint density at radius 1 is 1.07 bits per heavy atom. The number of hydrogen-bond donors (Lipinski definition) is 1. The lowest BCUT2D eigenvalue weighted by Crippen LogP contribution is -2.48. The largest absolute Gasteiger partial charge is 0.495 e. The minimum atomic E-state index is 0.232. The van der Waals surface area contributed by atoms with Crippen molar-refractivity contribution < 1.29 is 9.53 Å². The lowest BCUT2D eigenvalue weighted by atomic mass is 10.2. The number of aromatic nitrogens is 2. The minimum absolute atomic E-state index is 0.232. The number of nitrogens with one attached hydrogen (secondary N) is 1. The molecule has 0 atom stereocenters. The SMILES string of the molecule is COc1ccccc1N1CCN(C(=O)CCCc2nc3ccccc3[nH]2)CC1. The molecule has 1 amide bonds. The van der Waals surface area contributed by atoms with Gasteiger partial charge in [-0.2, -0.15) is 0 Å². The first kappa shape index (κ1) is 18.3. The highest BCUT2D eigenvalue weighted by Crippen LogP contribution is 2.28. The molecule has 0 unspecified atom stereocenters. The summed E-state index contributed by atoms with van der Waals surface area (Å²) in [7, 11) is 1.70. The van der Waals surface area contributed by atoms with Crippen LogP contribution in [0.25, 0.3) is 11.0 Å². The fourth-order valence-corrected chi connectivity index (χ4v) is 3.78. The molecule has 1 aliphatic heterocycles. The van der Waals surface area contributed by atoms with Crippen molar-refractivity contribution >= 4 is 22.6 Å². The zero-order chi connectivity index (χ0) is 19.3. The van der Waals surface area contributed by atoms with E-state index in [-0.39, 0.29) is 5.91 Å². The van der Waals surface area contributed by atoms with E-state index < -0.39 is 0 Å². The number of ether oxygens (including phenoxy) is 1. The second kappa shape index (κ2) is 8.33. The number of piperazine rings is 1. The lowest BCUT2D eigenvalue weighted by molar-refractivity contribution is -0.131. The van der Waals surface area contributed by atoms with Crippen molar-refractivity contribution in [2.24, 2.45) is 0 Å². The van der Waals surface area contributed by atoms with Gasteiger partial charge < -0.3 is 19.5 Å². The second-order valence-electron chi connectivity index (χ2n) is 7.09. The van der Waals surface area contributed by atoms with E-state index in [0.29, 0.717) is 6.42 Å². The highest BCUT2D eigenvalue weighted by molar-refractivity contribution is 5.77. The van der Waals surface area contributed by atoms with Gasteiger partial charge in [-0.15, -0.1) is 0 Å². The molecule has 3 aromatic rings. The van der Waals surface area contributed by atoms with Crippen LogP contribution >= 0.6 is 0 Å². The van der Waals surface area contributed by atoms with E-state index >= 15 is 0 Å². The van der Waals surface area contributed by atoms with Gasteiger partial charge in [-0.05, 0) is 30.7 Å². The van der Waals surface area contributed by atoms with Gasteiger partial charge in [0, 0.05) is 39.0 Å². The lowest BCUT2D eigenvalue weighted by Gasteiger charge is -2.36. The molecule has 0 radical (unpaired) electrons. The maximum atomic E-state index is 12.6. The van der Waals surface area contributed by atoms with Crippen LogP contribution in [-0.2, 0) is 11.2 Å². The number of rotatable bonds is 6. The van der Waals surface area contributed by atoms with Crippen molar-refractivity contribution in [3.63, 3.8) is 0 Å². The molecule has 0 spiro atoms. The Kier molecular flexibility index (Phi) is 5.46. The molecular formula is C22H26N4O2. The van der Waals surface area contributed by atoms with Crippen molar-refractivity contribution in [2.75, 3.05) is 38.2 Å². The summed E-state index contributed by atoms with van der Waals surface area (Å²) in [6.45, 7) is 3.16. The molecule has 2 heterocycles. The van der Waals surface area contributed by atoms with Crippen LogP contribution in [0.15, 0.2) is 48.5 Å². The van der Waals surface area contributed by atoms with Crippen LogP contribution in [0, 0.1) is 0 Å². The number of amides is 1. The van der Waals surface area contributed by atoms with Gasteiger partial charge in [0.25, 0.3) is 0 Å². The number of fused-ring (bicyclic) bond motifs is 1. The van der Waals surface area contributed by atoms with Crippen LogP contribution < -0.4 is 9.64 Å². The van der Waals surface area contributed by atoms with Crippen molar-refractivity contribution in [1.82, 2.24) is 14.9 Å². The smallest absolute Gasteiger partial charge is 0.222 e. The molecule has 1 saturated heterocycles. The van der Waals surface area contributed by atoms with Gasteiger partial charge in [0.2, 0.25) is 5.91 Å². The molecule has 1 aliphatic rings. The number of methoxy groups -OCH3 is 1. The van der Waals surface area contributed by atoms with Gasteiger partial charge in [-0.3, -0.25) is 4.79 Å². The van der Waals surface area contributed by atoms with E-state index in [9.17, 15) is 4.79 Å². The minimum Gasteiger partial charge on any atom is -0.495 e. The van der Waals surface area contributed by atoms with Crippen LogP contribution in [-0.4, -0.2) is 54.1 Å². The number of imidazole rings is 1. The number of aromatic amines is 1. The number of carbonyl (C=O) groups is 1. The maximum absolute atomic E-state index is 12.6. The van der Waals surface area contributed by atoms with Gasteiger partial charge in [0.1, 0.15) is 11.6 Å². The third kappa shape index (κ3) is 3.96. The summed E-state index contributed by atoms with van der Waals surface area (Å²) in [5.74, 6) is 2.07. The molecule has 0 saturated carbocycles.